The number of ether oxygens (including phenoxy) is 1. The van der Waals surface area contributed by atoms with Crippen LogP contribution in [0.1, 0.15) is 41.0 Å². The Bertz CT molecular complexity index is 1400. The van der Waals surface area contributed by atoms with E-state index in [4.69, 9.17) is 26.2 Å². The molecule has 2 aliphatic rings. The van der Waals surface area contributed by atoms with Crippen LogP contribution in [-0.2, 0) is 11.3 Å². The molecule has 4 aromatic rings. The predicted octanol–water partition coefficient (Wildman–Crippen LogP) is 5.25. The van der Waals surface area contributed by atoms with Crippen LogP contribution in [0.15, 0.2) is 66.0 Å². The molecule has 1 saturated carbocycles. The van der Waals surface area contributed by atoms with E-state index in [1.165, 1.54) is 18.4 Å². The maximum atomic E-state index is 6.47. The van der Waals surface area contributed by atoms with Crippen LogP contribution in [0.25, 0.3) is 5.52 Å². The first-order valence-corrected chi connectivity index (χ1v) is 11.8. The van der Waals surface area contributed by atoms with Gasteiger partial charge in [0.2, 0.25) is 5.88 Å². The summed E-state index contributed by atoms with van der Waals surface area (Å²) in [5.41, 5.74) is 7.99. The summed E-state index contributed by atoms with van der Waals surface area (Å²) in [4.78, 5) is 14.9. The quantitative estimate of drug-likeness (QED) is 0.414. The third kappa shape index (κ3) is 4.36. The molecule has 0 amide bonds. The zero-order valence-corrected chi connectivity index (χ0v) is 19.5. The van der Waals surface area contributed by atoms with E-state index in [0.29, 0.717) is 36.2 Å². The third-order valence-corrected chi connectivity index (χ3v) is 6.52. The Morgan fingerprint density at radius 1 is 1.18 bits per heavy atom. The Hall–Kier alpha value is -3.42. The van der Waals surface area contributed by atoms with Gasteiger partial charge >= 0.3 is 0 Å². The summed E-state index contributed by atoms with van der Waals surface area (Å²) in [6, 6.07) is 16.2. The molecule has 0 bridgehead atoms. The Morgan fingerprint density at radius 2 is 2.09 bits per heavy atom. The number of amidine groups is 1. The number of benzene rings is 2. The minimum Gasteiger partial charge on any atom is -0.437 e. The second-order valence-corrected chi connectivity index (χ2v) is 9.33. The molecule has 34 heavy (non-hydrogen) atoms. The molecule has 0 radical (unpaired) electrons. The Kier molecular flexibility index (Phi) is 5.43. The van der Waals surface area contributed by atoms with Gasteiger partial charge in [-0.2, -0.15) is 0 Å². The summed E-state index contributed by atoms with van der Waals surface area (Å²) < 4.78 is 7.98. The number of rotatable bonds is 6. The minimum atomic E-state index is -0.0939. The normalized spacial score (nSPS) is 17.9. The highest BCUT2D eigenvalue weighted by molar-refractivity contribution is 6.31. The standard InChI is InChI=1S/C26H24ClN5O2/c1-16-5-6-19(24(27)9-16)10-20-14-33-31-25(29-20)23-12-21-13-28-15-32(21)30-26(23)34-22-4-2-3-18(11-22)17-7-8-17/h2-6,9,11-13,15,17,20H,7-8,10,14H2,1H3,(H,29,31). The SMILES string of the molecule is Cc1ccc(CC2CONC(c3cc4cncn4nc3Oc3cccc(C4CC4)c3)=N2)c(Cl)c1. The lowest BCUT2D eigenvalue weighted by atomic mass is 10.0. The Labute approximate surface area is 202 Å². The average Bonchev–Trinajstić information content (AvgIpc) is 3.59. The largest absolute Gasteiger partial charge is 0.437 e. The number of fused-ring (bicyclic) bond motifs is 1. The molecular weight excluding hydrogens is 450 g/mol. The number of aryl methyl sites for hydroxylation is 1. The summed E-state index contributed by atoms with van der Waals surface area (Å²) in [5, 5.41) is 5.41. The lowest BCUT2D eigenvalue weighted by molar-refractivity contribution is 0.0623. The fourth-order valence-electron chi connectivity index (χ4n) is 4.21. The van der Waals surface area contributed by atoms with Gasteiger partial charge in [-0.15, -0.1) is 5.10 Å². The van der Waals surface area contributed by atoms with Crippen LogP contribution in [0.3, 0.4) is 0 Å². The maximum absolute atomic E-state index is 6.47. The number of halogens is 1. The molecule has 8 heteroatoms. The fourth-order valence-corrected chi connectivity index (χ4v) is 4.52. The second-order valence-electron chi connectivity index (χ2n) is 8.92. The van der Waals surface area contributed by atoms with Gasteiger partial charge in [-0.05, 0) is 73.1 Å². The number of nitrogens with one attached hydrogen (secondary N) is 1. The highest BCUT2D eigenvalue weighted by Gasteiger charge is 2.25. The van der Waals surface area contributed by atoms with E-state index in [2.05, 4.69) is 39.8 Å². The monoisotopic (exact) mass is 473 g/mol. The van der Waals surface area contributed by atoms with Crippen molar-refractivity contribution in [2.24, 2.45) is 4.99 Å². The molecule has 2 aromatic heterocycles. The van der Waals surface area contributed by atoms with Crippen LogP contribution in [-0.4, -0.2) is 33.1 Å². The zero-order chi connectivity index (χ0) is 23.1. The van der Waals surface area contributed by atoms with Crippen LogP contribution in [0, 0.1) is 6.92 Å². The van der Waals surface area contributed by atoms with E-state index in [-0.39, 0.29) is 6.04 Å². The van der Waals surface area contributed by atoms with Gasteiger partial charge in [0.05, 0.1) is 29.9 Å². The first-order valence-electron chi connectivity index (χ1n) is 11.4. The zero-order valence-electron chi connectivity index (χ0n) is 18.7. The van der Waals surface area contributed by atoms with Gasteiger partial charge in [-0.1, -0.05) is 35.9 Å². The van der Waals surface area contributed by atoms with Gasteiger partial charge < -0.3 is 4.74 Å². The maximum Gasteiger partial charge on any atom is 0.248 e. The van der Waals surface area contributed by atoms with E-state index in [9.17, 15) is 0 Å². The lowest BCUT2D eigenvalue weighted by Gasteiger charge is -2.23. The highest BCUT2D eigenvalue weighted by Crippen LogP contribution is 2.41. The molecule has 1 aliphatic carbocycles. The predicted molar refractivity (Wildman–Crippen MR) is 131 cm³/mol. The minimum absolute atomic E-state index is 0.0939. The van der Waals surface area contributed by atoms with Crippen molar-refractivity contribution in [2.45, 2.75) is 38.1 Å². The molecule has 7 nitrogen and oxygen atoms in total. The number of hydrogen-bond donors (Lipinski definition) is 1. The molecule has 0 saturated heterocycles. The van der Waals surface area contributed by atoms with Crippen LogP contribution < -0.4 is 10.2 Å². The third-order valence-electron chi connectivity index (χ3n) is 6.17. The van der Waals surface area contributed by atoms with Crippen molar-refractivity contribution >= 4 is 23.0 Å². The van der Waals surface area contributed by atoms with Crippen molar-refractivity contribution < 1.29 is 9.57 Å². The molecule has 172 valence electrons. The summed E-state index contributed by atoms with van der Waals surface area (Å²) in [5.74, 6) is 2.39. The fraction of sp³-hybridized carbons (Fsp3) is 0.269. The van der Waals surface area contributed by atoms with Crippen LogP contribution in [0.2, 0.25) is 5.02 Å². The second kappa shape index (κ2) is 8.74. The summed E-state index contributed by atoms with van der Waals surface area (Å²) in [7, 11) is 0. The lowest BCUT2D eigenvalue weighted by Crippen LogP contribution is -2.37. The van der Waals surface area contributed by atoms with E-state index in [1.54, 1.807) is 17.0 Å². The molecule has 1 unspecified atom stereocenters. The van der Waals surface area contributed by atoms with E-state index >= 15 is 0 Å². The molecule has 1 fully saturated rings. The average molecular weight is 474 g/mol. The topological polar surface area (TPSA) is 73.0 Å². The number of nitrogens with zero attached hydrogens (tertiary/aromatic N) is 4. The molecule has 1 aliphatic heterocycles. The molecular formula is C26H24ClN5O2. The molecule has 6 rings (SSSR count). The summed E-state index contributed by atoms with van der Waals surface area (Å²) >= 11 is 6.47. The van der Waals surface area contributed by atoms with Crippen molar-refractivity contribution in [2.75, 3.05) is 6.61 Å². The number of hydroxylamine groups is 1. The van der Waals surface area contributed by atoms with E-state index in [1.807, 2.05) is 31.2 Å². The number of imidazole rings is 1. The van der Waals surface area contributed by atoms with E-state index in [0.717, 1.165) is 27.4 Å². The van der Waals surface area contributed by atoms with Crippen LogP contribution in [0.4, 0.5) is 0 Å². The Morgan fingerprint density at radius 3 is 2.94 bits per heavy atom. The molecule has 0 spiro atoms. The van der Waals surface area contributed by atoms with Crippen molar-refractivity contribution in [1.82, 2.24) is 20.1 Å². The first-order chi connectivity index (χ1) is 16.6. The molecule has 1 N–H and O–H groups in total. The van der Waals surface area contributed by atoms with Gasteiger partial charge in [0.1, 0.15) is 12.1 Å². The smallest absolute Gasteiger partial charge is 0.248 e. The van der Waals surface area contributed by atoms with Gasteiger partial charge in [0.25, 0.3) is 0 Å². The van der Waals surface area contributed by atoms with Gasteiger partial charge in [-0.25, -0.2) is 15.0 Å². The highest BCUT2D eigenvalue weighted by atomic mass is 35.5. The van der Waals surface area contributed by atoms with Crippen molar-refractivity contribution in [3.05, 3.63) is 88.3 Å². The van der Waals surface area contributed by atoms with E-state index < -0.39 is 0 Å². The van der Waals surface area contributed by atoms with Crippen molar-refractivity contribution in [3.63, 3.8) is 0 Å². The number of aliphatic imine (C=N–C) groups is 1. The first kappa shape index (κ1) is 21.1. The van der Waals surface area contributed by atoms with Crippen LogP contribution in [0.5, 0.6) is 11.6 Å². The van der Waals surface area contributed by atoms with Gasteiger partial charge in [0.15, 0.2) is 5.84 Å². The van der Waals surface area contributed by atoms with Crippen LogP contribution >= 0.6 is 11.6 Å². The van der Waals surface area contributed by atoms with Gasteiger partial charge in [-0.3, -0.25) is 9.83 Å². The molecule has 2 aromatic carbocycles. The molecule has 1 atom stereocenters. The summed E-state index contributed by atoms with van der Waals surface area (Å²) in [6.45, 7) is 2.47. The number of hydrogen-bond acceptors (Lipinski definition) is 6. The van der Waals surface area contributed by atoms with Gasteiger partial charge in [0, 0.05) is 5.02 Å². The molecule has 3 heterocycles. The van der Waals surface area contributed by atoms with Crippen molar-refractivity contribution in [3.8, 4) is 11.6 Å². The van der Waals surface area contributed by atoms with Crippen molar-refractivity contribution in [1.29, 1.82) is 0 Å². The number of aromatic nitrogens is 3. The Balaban J connectivity index is 1.34. The summed E-state index contributed by atoms with van der Waals surface area (Å²) in [6.07, 6.45) is 6.55.